The third-order valence-corrected chi connectivity index (χ3v) is 2.53. The van der Waals surface area contributed by atoms with Gasteiger partial charge in [-0.2, -0.15) is 0 Å². The highest BCUT2D eigenvalue weighted by Crippen LogP contribution is 2.28. The lowest BCUT2D eigenvalue weighted by Gasteiger charge is -2.08. The van der Waals surface area contributed by atoms with E-state index in [2.05, 4.69) is 0 Å². The first-order valence-corrected chi connectivity index (χ1v) is 6.26. The van der Waals surface area contributed by atoms with Gasteiger partial charge < -0.3 is 19.3 Å². The van der Waals surface area contributed by atoms with Gasteiger partial charge in [0.25, 0.3) is 0 Å². The van der Waals surface area contributed by atoms with Gasteiger partial charge in [0.05, 0.1) is 31.4 Å². The number of hydrogen-bond donors (Lipinski definition) is 1. The molecule has 1 rings (SSSR count). The van der Waals surface area contributed by atoms with E-state index in [4.69, 9.17) is 19.3 Å². The fourth-order valence-electron chi connectivity index (χ4n) is 1.51. The molecule has 0 atom stereocenters. The van der Waals surface area contributed by atoms with Crippen LogP contribution in [0.25, 0.3) is 0 Å². The molecular formula is C13H19NO6. The zero-order valence-corrected chi connectivity index (χ0v) is 11.4. The Bertz CT molecular complexity index is 423. The molecule has 0 fully saturated rings. The SMILES string of the molecule is COCCOCCCOc1cc(CO)ccc1[N+](=O)[O-]. The smallest absolute Gasteiger partial charge is 0.310 e. The lowest BCUT2D eigenvalue weighted by molar-refractivity contribution is -0.385. The van der Waals surface area contributed by atoms with E-state index < -0.39 is 4.92 Å². The number of ether oxygens (including phenoxy) is 3. The quantitative estimate of drug-likeness (QED) is 0.398. The molecule has 7 heteroatoms. The fourth-order valence-corrected chi connectivity index (χ4v) is 1.51. The molecule has 0 bridgehead atoms. The van der Waals surface area contributed by atoms with Crippen LogP contribution in [0.5, 0.6) is 5.75 Å². The highest BCUT2D eigenvalue weighted by atomic mass is 16.6. The summed E-state index contributed by atoms with van der Waals surface area (Å²) in [4.78, 5) is 10.3. The molecule has 112 valence electrons. The van der Waals surface area contributed by atoms with E-state index in [1.165, 1.54) is 18.2 Å². The van der Waals surface area contributed by atoms with Crippen molar-refractivity contribution in [2.75, 3.05) is 33.5 Å². The summed E-state index contributed by atoms with van der Waals surface area (Å²) < 4.78 is 15.5. The number of aliphatic hydroxyl groups excluding tert-OH is 1. The molecule has 7 nitrogen and oxygen atoms in total. The Morgan fingerprint density at radius 3 is 2.70 bits per heavy atom. The normalized spacial score (nSPS) is 10.5. The number of nitro groups is 1. The van der Waals surface area contributed by atoms with Crippen LogP contribution in [0, 0.1) is 10.1 Å². The van der Waals surface area contributed by atoms with Gasteiger partial charge in [-0.05, 0) is 17.7 Å². The van der Waals surface area contributed by atoms with Crippen LogP contribution in [-0.2, 0) is 16.1 Å². The molecule has 0 aromatic heterocycles. The van der Waals surface area contributed by atoms with Crippen LogP contribution in [0.4, 0.5) is 5.69 Å². The maximum Gasteiger partial charge on any atom is 0.310 e. The van der Waals surface area contributed by atoms with E-state index in [9.17, 15) is 10.1 Å². The summed E-state index contributed by atoms with van der Waals surface area (Å²) in [6, 6.07) is 4.30. The second-order valence-electron chi connectivity index (χ2n) is 4.02. The summed E-state index contributed by atoms with van der Waals surface area (Å²) in [7, 11) is 1.60. The molecule has 1 aromatic rings. The molecular weight excluding hydrogens is 266 g/mol. The van der Waals surface area contributed by atoms with E-state index in [0.29, 0.717) is 38.4 Å². The average molecular weight is 285 g/mol. The van der Waals surface area contributed by atoms with Gasteiger partial charge in [-0.25, -0.2) is 0 Å². The summed E-state index contributed by atoms with van der Waals surface area (Å²) in [5.41, 5.74) is 0.462. The monoisotopic (exact) mass is 285 g/mol. The van der Waals surface area contributed by atoms with Crippen molar-refractivity contribution in [1.29, 1.82) is 0 Å². The fraction of sp³-hybridized carbons (Fsp3) is 0.538. The largest absolute Gasteiger partial charge is 0.487 e. The molecule has 0 amide bonds. The number of nitrogens with zero attached hydrogens (tertiary/aromatic N) is 1. The Kier molecular flexibility index (Phi) is 7.56. The third kappa shape index (κ3) is 5.52. The minimum Gasteiger partial charge on any atom is -0.487 e. The lowest BCUT2D eigenvalue weighted by Crippen LogP contribution is -2.07. The number of methoxy groups -OCH3 is 1. The van der Waals surface area contributed by atoms with Gasteiger partial charge in [-0.1, -0.05) is 0 Å². The van der Waals surface area contributed by atoms with Crippen LogP contribution in [0.1, 0.15) is 12.0 Å². The Morgan fingerprint density at radius 1 is 1.25 bits per heavy atom. The Labute approximate surface area is 117 Å². The van der Waals surface area contributed by atoms with Gasteiger partial charge in [0, 0.05) is 26.2 Å². The third-order valence-electron chi connectivity index (χ3n) is 2.53. The van der Waals surface area contributed by atoms with Gasteiger partial charge in [0.1, 0.15) is 0 Å². The second-order valence-corrected chi connectivity index (χ2v) is 4.02. The molecule has 0 saturated heterocycles. The predicted octanol–water partition coefficient (Wildman–Crippen LogP) is 1.52. The van der Waals surface area contributed by atoms with Crippen LogP contribution in [0.15, 0.2) is 18.2 Å². The topological polar surface area (TPSA) is 91.1 Å². The van der Waals surface area contributed by atoms with Gasteiger partial charge in [0.15, 0.2) is 5.75 Å². The molecule has 0 aliphatic heterocycles. The van der Waals surface area contributed by atoms with Gasteiger partial charge >= 0.3 is 5.69 Å². The molecule has 0 saturated carbocycles. The Hall–Kier alpha value is -1.70. The van der Waals surface area contributed by atoms with E-state index in [0.717, 1.165) is 0 Å². The zero-order valence-electron chi connectivity index (χ0n) is 11.4. The number of aliphatic hydroxyl groups is 1. The molecule has 0 spiro atoms. The first-order valence-electron chi connectivity index (χ1n) is 6.26. The Morgan fingerprint density at radius 2 is 2.05 bits per heavy atom. The molecule has 1 aromatic carbocycles. The van der Waals surface area contributed by atoms with Crippen molar-refractivity contribution < 1.29 is 24.2 Å². The maximum atomic E-state index is 10.9. The van der Waals surface area contributed by atoms with Crippen LogP contribution in [-0.4, -0.2) is 43.6 Å². The number of hydrogen-bond acceptors (Lipinski definition) is 6. The Balaban J connectivity index is 2.43. The van der Waals surface area contributed by atoms with E-state index in [1.54, 1.807) is 7.11 Å². The van der Waals surface area contributed by atoms with Gasteiger partial charge in [0.2, 0.25) is 0 Å². The van der Waals surface area contributed by atoms with Crippen molar-refractivity contribution in [1.82, 2.24) is 0 Å². The number of nitro benzene ring substituents is 1. The van der Waals surface area contributed by atoms with E-state index >= 15 is 0 Å². The van der Waals surface area contributed by atoms with Crippen LogP contribution in [0.2, 0.25) is 0 Å². The minimum absolute atomic E-state index is 0.109. The molecule has 1 N–H and O–H groups in total. The van der Waals surface area contributed by atoms with Crippen molar-refractivity contribution in [2.24, 2.45) is 0 Å². The zero-order chi connectivity index (χ0) is 14.8. The van der Waals surface area contributed by atoms with Crippen molar-refractivity contribution in [3.8, 4) is 5.75 Å². The van der Waals surface area contributed by atoms with Gasteiger partial charge in [-0.3, -0.25) is 10.1 Å². The van der Waals surface area contributed by atoms with Crippen LogP contribution < -0.4 is 4.74 Å². The van der Waals surface area contributed by atoms with Crippen molar-refractivity contribution >= 4 is 5.69 Å². The average Bonchev–Trinajstić information content (AvgIpc) is 2.45. The lowest BCUT2D eigenvalue weighted by atomic mass is 10.2. The number of benzene rings is 1. The van der Waals surface area contributed by atoms with E-state index in [1.807, 2.05) is 0 Å². The molecule has 0 unspecified atom stereocenters. The van der Waals surface area contributed by atoms with Crippen LogP contribution in [0.3, 0.4) is 0 Å². The summed E-state index contributed by atoms with van der Waals surface area (Å²) >= 11 is 0. The molecule has 0 radical (unpaired) electrons. The minimum atomic E-state index is -0.508. The van der Waals surface area contributed by atoms with Crippen molar-refractivity contribution in [3.63, 3.8) is 0 Å². The highest BCUT2D eigenvalue weighted by Gasteiger charge is 2.15. The summed E-state index contributed by atoms with van der Waals surface area (Å²) in [6.07, 6.45) is 0.615. The van der Waals surface area contributed by atoms with E-state index in [-0.39, 0.29) is 18.0 Å². The predicted molar refractivity (Wildman–Crippen MR) is 71.8 cm³/mol. The molecule has 0 aliphatic rings. The molecule has 0 heterocycles. The first-order chi connectivity index (χ1) is 9.69. The molecule has 0 aliphatic carbocycles. The summed E-state index contributed by atoms with van der Waals surface area (Å²) in [5, 5.41) is 19.9. The summed E-state index contributed by atoms with van der Waals surface area (Å²) in [6.45, 7) is 1.66. The standard InChI is InChI=1S/C13H19NO6/c1-18-7-8-19-5-2-6-20-13-9-11(10-15)3-4-12(13)14(16)17/h3-4,9,15H,2,5-8,10H2,1H3. The van der Waals surface area contributed by atoms with Crippen molar-refractivity contribution in [3.05, 3.63) is 33.9 Å². The maximum absolute atomic E-state index is 10.9. The number of rotatable bonds is 10. The van der Waals surface area contributed by atoms with Crippen molar-refractivity contribution in [2.45, 2.75) is 13.0 Å². The summed E-state index contributed by atoms with van der Waals surface area (Å²) in [5.74, 6) is 0.165. The molecule has 20 heavy (non-hydrogen) atoms. The highest BCUT2D eigenvalue weighted by molar-refractivity contribution is 5.48. The van der Waals surface area contributed by atoms with Gasteiger partial charge in [-0.15, -0.1) is 0 Å². The second kappa shape index (κ2) is 9.24. The van der Waals surface area contributed by atoms with Crippen LogP contribution >= 0.6 is 0 Å². The first kappa shape index (κ1) is 16.4.